The van der Waals surface area contributed by atoms with Gasteiger partial charge in [0, 0.05) is 18.4 Å². The van der Waals surface area contributed by atoms with E-state index in [-0.39, 0.29) is 0 Å². The molecule has 1 aliphatic rings. The van der Waals surface area contributed by atoms with Crippen LogP contribution in [0, 0.1) is 16.7 Å². The highest BCUT2D eigenvalue weighted by molar-refractivity contribution is 5.46. The molecule has 84 valence electrons. The summed E-state index contributed by atoms with van der Waals surface area (Å²) in [7, 11) is 0. The van der Waals surface area contributed by atoms with Gasteiger partial charge in [0.15, 0.2) is 0 Å². The highest BCUT2D eigenvalue weighted by Gasteiger charge is 2.40. The molecule has 1 fully saturated rings. The Labute approximate surface area is 96.5 Å². The number of anilines is 1. The Morgan fingerprint density at radius 3 is 3.00 bits per heavy atom. The summed E-state index contributed by atoms with van der Waals surface area (Å²) < 4.78 is 0. The molecule has 0 spiro atoms. The zero-order chi connectivity index (χ0) is 11.4. The van der Waals surface area contributed by atoms with Crippen LogP contribution in [-0.4, -0.2) is 11.5 Å². The van der Waals surface area contributed by atoms with Crippen LogP contribution in [0.25, 0.3) is 0 Å². The zero-order valence-corrected chi connectivity index (χ0v) is 9.66. The van der Waals surface area contributed by atoms with Crippen molar-refractivity contribution in [2.24, 2.45) is 5.41 Å². The van der Waals surface area contributed by atoms with Crippen LogP contribution in [0.15, 0.2) is 18.3 Å². The lowest BCUT2D eigenvalue weighted by Crippen LogP contribution is -2.15. The Morgan fingerprint density at radius 1 is 1.56 bits per heavy atom. The second kappa shape index (κ2) is 4.52. The SMILES string of the molecule is CCCC1(CNc2ccnc(C#N)c2)CC1. The number of nitrogens with zero attached hydrogens (tertiary/aromatic N) is 2. The van der Waals surface area contributed by atoms with E-state index in [2.05, 4.69) is 23.3 Å². The Bertz CT molecular complexity index is 402. The lowest BCUT2D eigenvalue weighted by Gasteiger charge is -2.15. The minimum Gasteiger partial charge on any atom is -0.384 e. The summed E-state index contributed by atoms with van der Waals surface area (Å²) >= 11 is 0. The van der Waals surface area contributed by atoms with Crippen LogP contribution in [0.3, 0.4) is 0 Å². The summed E-state index contributed by atoms with van der Waals surface area (Å²) in [4.78, 5) is 3.95. The molecule has 0 aromatic carbocycles. The minimum atomic E-state index is 0.477. The maximum Gasteiger partial charge on any atom is 0.142 e. The van der Waals surface area contributed by atoms with Crippen molar-refractivity contribution < 1.29 is 0 Å². The fourth-order valence-electron chi connectivity index (χ4n) is 2.11. The first-order valence-corrected chi connectivity index (χ1v) is 5.88. The monoisotopic (exact) mass is 215 g/mol. The summed E-state index contributed by atoms with van der Waals surface area (Å²) in [5.74, 6) is 0. The van der Waals surface area contributed by atoms with Gasteiger partial charge in [0.25, 0.3) is 0 Å². The first kappa shape index (κ1) is 10.9. The van der Waals surface area contributed by atoms with Crippen molar-refractivity contribution in [3.63, 3.8) is 0 Å². The summed E-state index contributed by atoms with van der Waals surface area (Å²) in [6, 6.07) is 5.78. The molecule has 1 saturated carbocycles. The van der Waals surface area contributed by atoms with Gasteiger partial charge in [-0.25, -0.2) is 4.98 Å². The summed E-state index contributed by atoms with van der Waals surface area (Å²) in [5.41, 5.74) is 2.02. The maximum absolute atomic E-state index is 8.75. The smallest absolute Gasteiger partial charge is 0.142 e. The van der Waals surface area contributed by atoms with E-state index >= 15 is 0 Å². The molecule has 0 bridgehead atoms. The van der Waals surface area contributed by atoms with E-state index in [0.29, 0.717) is 11.1 Å². The number of hydrogen-bond donors (Lipinski definition) is 1. The number of nitrogens with one attached hydrogen (secondary N) is 1. The minimum absolute atomic E-state index is 0.477. The van der Waals surface area contributed by atoms with Gasteiger partial charge in [-0.1, -0.05) is 13.3 Å². The van der Waals surface area contributed by atoms with Crippen molar-refractivity contribution in [1.82, 2.24) is 4.98 Å². The van der Waals surface area contributed by atoms with Crippen LogP contribution in [0.5, 0.6) is 0 Å². The molecule has 3 heteroatoms. The predicted molar refractivity (Wildman–Crippen MR) is 64.0 cm³/mol. The van der Waals surface area contributed by atoms with Crippen molar-refractivity contribution in [3.8, 4) is 6.07 Å². The zero-order valence-electron chi connectivity index (χ0n) is 9.66. The van der Waals surface area contributed by atoms with E-state index in [4.69, 9.17) is 5.26 Å². The van der Waals surface area contributed by atoms with Crippen LogP contribution in [0.2, 0.25) is 0 Å². The van der Waals surface area contributed by atoms with E-state index < -0.39 is 0 Å². The topological polar surface area (TPSA) is 48.7 Å². The van der Waals surface area contributed by atoms with Gasteiger partial charge in [0.1, 0.15) is 11.8 Å². The van der Waals surface area contributed by atoms with Gasteiger partial charge < -0.3 is 5.32 Å². The second-order valence-corrected chi connectivity index (χ2v) is 4.65. The highest BCUT2D eigenvalue weighted by Crippen LogP contribution is 2.49. The van der Waals surface area contributed by atoms with Gasteiger partial charge in [-0.15, -0.1) is 0 Å². The molecular weight excluding hydrogens is 198 g/mol. The Balaban J connectivity index is 1.92. The molecule has 0 atom stereocenters. The second-order valence-electron chi connectivity index (χ2n) is 4.65. The summed E-state index contributed by atoms with van der Waals surface area (Å²) in [6.07, 6.45) is 6.91. The molecule has 16 heavy (non-hydrogen) atoms. The molecule has 1 aromatic rings. The van der Waals surface area contributed by atoms with Gasteiger partial charge in [-0.2, -0.15) is 5.26 Å². The van der Waals surface area contributed by atoms with E-state index in [1.165, 1.54) is 25.7 Å². The summed E-state index contributed by atoms with van der Waals surface area (Å²) in [5, 5.41) is 12.2. The largest absolute Gasteiger partial charge is 0.384 e. The quantitative estimate of drug-likeness (QED) is 0.821. The van der Waals surface area contributed by atoms with Crippen molar-refractivity contribution in [2.75, 3.05) is 11.9 Å². The summed E-state index contributed by atoms with van der Waals surface area (Å²) in [6.45, 7) is 3.26. The number of rotatable bonds is 5. The lowest BCUT2D eigenvalue weighted by molar-refractivity contribution is 0.485. The third-order valence-corrected chi connectivity index (χ3v) is 3.28. The fourth-order valence-corrected chi connectivity index (χ4v) is 2.11. The van der Waals surface area contributed by atoms with Crippen molar-refractivity contribution >= 4 is 5.69 Å². The number of aromatic nitrogens is 1. The molecule has 3 nitrogen and oxygen atoms in total. The van der Waals surface area contributed by atoms with E-state index in [9.17, 15) is 0 Å². The Kier molecular flexibility index (Phi) is 3.09. The number of hydrogen-bond acceptors (Lipinski definition) is 3. The van der Waals surface area contributed by atoms with Crippen LogP contribution in [-0.2, 0) is 0 Å². The molecule has 0 saturated heterocycles. The van der Waals surface area contributed by atoms with Crippen LogP contribution < -0.4 is 5.32 Å². The van der Waals surface area contributed by atoms with Gasteiger partial charge in [-0.3, -0.25) is 0 Å². The van der Waals surface area contributed by atoms with Gasteiger partial charge in [0.2, 0.25) is 0 Å². The van der Waals surface area contributed by atoms with E-state index in [1.54, 1.807) is 6.20 Å². The molecule has 1 aromatic heterocycles. The van der Waals surface area contributed by atoms with E-state index in [1.807, 2.05) is 12.1 Å². The Morgan fingerprint density at radius 2 is 2.38 bits per heavy atom. The molecule has 1 aliphatic carbocycles. The third kappa shape index (κ3) is 2.52. The Hall–Kier alpha value is -1.56. The lowest BCUT2D eigenvalue weighted by atomic mass is 10.0. The van der Waals surface area contributed by atoms with Crippen LogP contribution >= 0.6 is 0 Å². The molecule has 0 amide bonds. The number of pyridine rings is 1. The van der Waals surface area contributed by atoms with Gasteiger partial charge >= 0.3 is 0 Å². The molecule has 0 radical (unpaired) electrons. The van der Waals surface area contributed by atoms with Crippen LogP contribution in [0.4, 0.5) is 5.69 Å². The number of nitriles is 1. The van der Waals surface area contributed by atoms with Crippen molar-refractivity contribution in [3.05, 3.63) is 24.0 Å². The highest BCUT2D eigenvalue weighted by atomic mass is 14.9. The van der Waals surface area contributed by atoms with Crippen molar-refractivity contribution in [2.45, 2.75) is 32.6 Å². The standard InChI is InChI=1S/C13H17N3/c1-2-4-13(5-6-13)10-16-11-3-7-15-12(8-11)9-14/h3,7-8H,2,4-6,10H2,1H3,(H,15,16). The average molecular weight is 215 g/mol. The predicted octanol–water partition coefficient (Wildman–Crippen LogP) is 2.95. The fraction of sp³-hybridized carbons (Fsp3) is 0.538. The average Bonchev–Trinajstić information content (AvgIpc) is 3.08. The molecule has 1 heterocycles. The third-order valence-electron chi connectivity index (χ3n) is 3.28. The molecule has 1 N–H and O–H groups in total. The molecule has 2 rings (SSSR count). The first-order chi connectivity index (χ1) is 7.78. The van der Waals surface area contributed by atoms with Gasteiger partial charge in [-0.05, 0) is 36.8 Å². The van der Waals surface area contributed by atoms with Crippen molar-refractivity contribution in [1.29, 1.82) is 5.26 Å². The molecular formula is C13H17N3. The van der Waals surface area contributed by atoms with Crippen LogP contribution in [0.1, 0.15) is 38.3 Å². The normalized spacial score (nSPS) is 16.5. The van der Waals surface area contributed by atoms with Gasteiger partial charge in [0.05, 0.1) is 0 Å². The van der Waals surface area contributed by atoms with E-state index in [0.717, 1.165) is 12.2 Å². The molecule has 0 aliphatic heterocycles. The molecule has 0 unspecified atom stereocenters. The maximum atomic E-state index is 8.75. The first-order valence-electron chi connectivity index (χ1n) is 5.88.